The Kier molecular flexibility index (Phi) is 6.13. The number of halogens is 1. The number of likely N-dealkylation sites (N-methyl/N-ethyl adjacent to an activating group) is 1. The van der Waals surface area contributed by atoms with E-state index in [1.807, 2.05) is 4.90 Å². The summed E-state index contributed by atoms with van der Waals surface area (Å²) in [6.07, 6.45) is 0. The molecule has 0 unspecified atom stereocenters. The number of carbonyl (C=O) groups is 1. The Morgan fingerprint density at radius 2 is 2.06 bits per heavy atom. The van der Waals surface area contributed by atoms with Crippen molar-refractivity contribution in [2.24, 2.45) is 0 Å². The highest BCUT2D eigenvalue weighted by molar-refractivity contribution is 8.01. The van der Waals surface area contributed by atoms with Gasteiger partial charge < -0.3 is 15.5 Å². The first-order chi connectivity index (χ1) is 8.15. The molecule has 1 amide bonds. The molecule has 0 saturated carbocycles. The van der Waals surface area contributed by atoms with Gasteiger partial charge in [0.25, 0.3) is 0 Å². The zero-order chi connectivity index (χ0) is 12.3. The van der Waals surface area contributed by atoms with Crippen molar-refractivity contribution in [1.82, 2.24) is 20.0 Å². The summed E-state index contributed by atoms with van der Waals surface area (Å²) in [5.74, 6) is 0.579. The molecule has 1 aromatic rings. The number of rotatable bonds is 3. The molecule has 0 atom stereocenters. The molecule has 0 bridgehead atoms. The van der Waals surface area contributed by atoms with Crippen LogP contribution >= 0.6 is 35.5 Å². The van der Waals surface area contributed by atoms with E-state index >= 15 is 0 Å². The molecule has 0 aliphatic carbocycles. The van der Waals surface area contributed by atoms with Crippen molar-refractivity contribution in [2.45, 2.75) is 4.34 Å². The van der Waals surface area contributed by atoms with Crippen molar-refractivity contribution in [2.75, 3.05) is 44.7 Å². The Balaban J connectivity index is 0.00000162. The fourth-order valence-electron chi connectivity index (χ4n) is 1.55. The Morgan fingerprint density at radius 3 is 2.61 bits per heavy atom. The summed E-state index contributed by atoms with van der Waals surface area (Å²) in [6, 6.07) is 0. The van der Waals surface area contributed by atoms with E-state index in [0.29, 0.717) is 10.9 Å². The van der Waals surface area contributed by atoms with E-state index in [4.69, 9.17) is 5.73 Å². The van der Waals surface area contributed by atoms with Crippen LogP contribution in [0.5, 0.6) is 0 Å². The number of carbonyl (C=O) groups excluding carboxylic acids is 1. The van der Waals surface area contributed by atoms with E-state index in [9.17, 15) is 4.79 Å². The van der Waals surface area contributed by atoms with E-state index < -0.39 is 0 Å². The highest BCUT2D eigenvalue weighted by atomic mass is 35.5. The second-order valence-corrected chi connectivity index (χ2v) is 6.11. The first-order valence-electron chi connectivity index (χ1n) is 5.33. The molecule has 18 heavy (non-hydrogen) atoms. The van der Waals surface area contributed by atoms with Crippen molar-refractivity contribution in [3.05, 3.63) is 0 Å². The molecule has 1 fully saturated rings. The molecule has 2 heterocycles. The van der Waals surface area contributed by atoms with Gasteiger partial charge in [-0.15, -0.1) is 22.6 Å². The average Bonchev–Trinajstić information content (AvgIpc) is 2.73. The molecule has 2 rings (SSSR count). The van der Waals surface area contributed by atoms with Crippen molar-refractivity contribution < 1.29 is 4.79 Å². The van der Waals surface area contributed by atoms with Gasteiger partial charge in [0.2, 0.25) is 11.0 Å². The van der Waals surface area contributed by atoms with Crippen molar-refractivity contribution in [3.63, 3.8) is 0 Å². The molecule has 0 spiro atoms. The minimum atomic E-state index is 0. The van der Waals surface area contributed by atoms with Crippen molar-refractivity contribution >= 4 is 46.5 Å². The lowest BCUT2D eigenvalue weighted by Gasteiger charge is -2.32. The third-order valence-corrected chi connectivity index (χ3v) is 4.47. The third kappa shape index (κ3) is 4.27. The van der Waals surface area contributed by atoms with Gasteiger partial charge in [0.05, 0.1) is 5.75 Å². The Labute approximate surface area is 120 Å². The Hall–Kier alpha value is -0.570. The van der Waals surface area contributed by atoms with E-state index in [1.165, 1.54) is 23.1 Å². The van der Waals surface area contributed by atoms with Crippen LogP contribution in [-0.2, 0) is 4.79 Å². The molecule has 102 valence electrons. The fourth-order valence-corrected chi connectivity index (χ4v) is 3.09. The summed E-state index contributed by atoms with van der Waals surface area (Å²) < 4.78 is 0.755. The summed E-state index contributed by atoms with van der Waals surface area (Å²) in [5.41, 5.74) is 5.47. The lowest BCUT2D eigenvalue weighted by Crippen LogP contribution is -2.47. The second kappa shape index (κ2) is 7.13. The molecule has 1 aliphatic heterocycles. The van der Waals surface area contributed by atoms with Gasteiger partial charge in [-0.3, -0.25) is 4.79 Å². The molecule has 1 aliphatic rings. The lowest BCUT2D eigenvalue weighted by atomic mass is 10.3. The lowest BCUT2D eigenvalue weighted by molar-refractivity contribution is -0.129. The number of nitrogen functional groups attached to an aromatic ring is 1. The SMILES string of the molecule is CN1CCN(C(=O)CSc2nnc(N)s2)CC1.Cl. The number of nitrogens with zero attached hydrogens (tertiary/aromatic N) is 4. The zero-order valence-corrected chi connectivity index (χ0v) is 12.5. The van der Waals surface area contributed by atoms with Crippen molar-refractivity contribution in [3.8, 4) is 0 Å². The van der Waals surface area contributed by atoms with E-state index in [-0.39, 0.29) is 18.3 Å². The van der Waals surface area contributed by atoms with Gasteiger partial charge in [0.1, 0.15) is 0 Å². The molecular weight excluding hydrogens is 294 g/mol. The van der Waals surface area contributed by atoms with Crippen LogP contribution in [0.2, 0.25) is 0 Å². The maximum absolute atomic E-state index is 11.9. The molecular formula is C9H16ClN5OS2. The predicted octanol–water partition coefficient (Wildman–Crippen LogP) is 0.408. The number of amides is 1. The van der Waals surface area contributed by atoms with Gasteiger partial charge in [-0.1, -0.05) is 23.1 Å². The van der Waals surface area contributed by atoms with Crippen LogP contribution in [0.25, 0.3) is 0 Å². The summed E-state index contributed by atoms with van der Waals surface area (Å²) >= 11 is 2.72. The average molecular weight is 310 g/mol. The molecule has 2 N–H and O–H groups in total. The van der Waals surface area contributed by atoms with Crippen molar-refractivity contribution in [1.29, 1.82) is 0 Å². The van der Waals surface area contributed by atoms with Crippen LogP contribution in [0.3, 0.4) is 0 Å². The molecule has 0 aromatic carbocycles. The van der Waals surface area contributed by atoms with Gasteiger partial charge >= 0.3 is 0 Å². The monoisotopic (exact) mass is 309 g/mol. The largest absolute Gasteiger partial charge is 0.374 e. The number of anilines is 1. The van der Waals surface area contributed by atoms with Crippen LogP contribution in [0.4, 0.5) is 5.13 Å². The molecule has 6 nitrogen and oxygen atoms in total. The maximum atomic E-state index is 11.9. The number of aromatic nitrogens is 2. The highest BCUT2D eigenvalue weighted by Crippen LogP contribution is 2.23. The minimum absolute atomic E-state index is 0. The summed E-state index contributed by atoms with van der Waals surface area (Å²) in [5, 5.41) is 8.03. The number of hydrogen-bond donors (Lipinski definition) is 1. The second-order valence-electron chi connectivity index (χ2n) is 3.88. The molecule has 1 saturated heterocycles. The normalized spacial score (nSPS) is 16.4. The van der Waals surface area contributed by atoms with Gasteiger partial charge in [-0.05, 0) is 7.05 Å². The number of nitrogens with two attached hydrogens (primary N) is 1. The Bertz CT molecular complexity index is 394. The van der Waals surface area contributed by atoms with Gasteiger partial charge in [0.15, 0.2) is 4.34 Å². The first-order valence-corrected chi connectivity index (χ1v) is 7.13. The zero-order valence-electron chi connectivity index (χ0n) is 10.0. The maximum Gasteiger partial charge on any atom is 0.233 e. The molecule has 1 aromatic heterocycles. The summed E-state index contributed by atoms with van der Waals surface area (Å²) in [6.45, 7) is 3.52. The number of thioether (sulfide) groups is 1. The van der Waals surface area contributed by atoms with Crippen LogP contribution in [0.1, 0.15) is 0 Å². The van der Waals surface area contributed by atoms with E-state index in [1.54, 1.807) is 0 Å². The predicted molar refractivity (Wildman–Crippen MR) is 76.4 cm³/mol. The standard InChI is InChI=1S/C9H15N5OS2.ClH/c1-13-2-4-14(5-3-13)7(15)6-16-9-12-11-8(10)17-9;/h2-6H2,1H3,(H2,10,11);1H. The number of hydrogen-bond acceptors (Lipinski definition) is 7. The third-order valence-electron chi connectivity index (χ3n) is 2.60. The topological polar surface area (TPSA) is 75.3 Å². The number of piperazine rings is 1. The van der Waals surface area contributed by atoms with Crippen LogP contribution < -0.4 is 5.73 Å². The fraction of sp³-hybridized carbons (Fsp3) is 0.667. The molecule has 0 radical (unpaired) electrons. The summed E-state index contributed by atoms with van der Waals surface area (Å²) in [4.78, 5) is 16.0. The van der Waals surface area contributed by atoms with Crippen LogP contribution in [0.15, 0.2) is 4.34 Å². The first kappa shape index (κ1) is 15.5. The van der Waals surface area contributed by atoms with Crippen LogP contribution in [-0.4, -0.2) is 64.9 Å². The van der Waals surface area contributed by atoms with Gasteiger partial charge in [-0.25, -0.2) is 0 Å². The van der Waals surface area contributed by atoms with E-state index in [2.05, 4.69) is 22.1 Å². The van der Waals surface area contributed by atoms with Gasteiger partial charge in [-0.2, -0.15) is 0 Å². The smallest absolute Gasteiger partial charge is 0.233 e. The quantitative estimate of drug-likeness (QED) is 0.815. The van der Waals surface area contributed by atoms with Crippen LogP contribution in [0, 0.1) is 0 Å². The Morgan fingerprint density at radius 1 is 1.39 bits per heavy atom. The van der Waals surface area contributed by atoms with Gasteiger partial charge in [0, 0.05) is 26.2 Å². The highest BCUT2D eigenvalue weighted by Gasteiger charge is 2.19. The minimum Gasteiger partial charge on any atom is -0.374 e. The molecule has 9 heteroatoms. The van der Waals surface area contributed by atoms with E-state index in [0.717, 1.165) is 30.5 Å². The summed E-state index contributed by atoms with van der Waals surface area (Å²) in [7, 11) is 2.07.